The van der Waals surface area contributed by atoms with Gasteiger partial charge >= 0.3 is 0 Å². The molecule has 0 radical (unpaired) electrons. The molecule has 1 atom stereocenters. The summed E-state index contributed by atoms with van der Waals surface area (Å²) in [5, 5.41) is 2.95. The van der Waals surface area contributed by atoms with E-state index in [4.69, 9.17) is 10.5 Å². The van der Waals surface area contributed by atoms with Gasteiger partial charge in [0, 0.05) is 13.2 Å². The molecule has 2 aromatic rings. The molecule has 1 aliphatic heterocycles. The van der Waals surface area contributed by atoms with Crippen LogP contribution in [0.25, 0.3) is 11.0 Å². The minimum atomic E-state index is -0.835. The Morgan fingerprint density at radius 3 is 2.86 bits per heavy atom. The molecule has 4 N–H and O–H groups in total. The fourth-order valence-corrected chi connectivity index (χ4v) is 2.55. The highest BCUT2D eigenvalue weighted by molar-refractivity contribution is 5.86. The number of para-hydroxylation sites is 2. The van der Waals surface area contributed by atoms with Crippen molar-refractivity contribution in [1.29, 1.82) is 0 Å². The maximum Gasteiger partial charge on any atom is 0.240 e. The first-order valence-electron chi connectivity index (χ1n) is 7.21. The average Bonchev–Trinajstić information content (AvgIpc) is 2.92. The highest BCUT2D eigenvalue weighted by Gasteiger charge is 2.36. The van der Waals surface area contributed by atoms with E-state index in [1.165, 1.54) is 0 Å². The molecule has 0 saturated carbocycles. The first kappa shape index (κ1) is 14.0. The van der Waals surface area contributed by atoms with Crippen molar-refractivity contribution in [3.05, 3.63) is 30.1 Å². The minimum Gasteiger partial charge on any atom is -0.381 e. The van der Waals surface area contributed by atoms with E-state index in [0.717, 1.165) is 16.9 Å². The third kappa shape index (κ3) is 2.77. The Balaban J connectivity index is 1.73. The molecule has 0 aliphatic carbocycles. The number of nitrogens with zero attached hydrogens (tertiary/aromatic N) is 1. The van der Waals surface area contributed by atoms with Crippen molar-refractivity contribution in [2.75, 3.05) is 13.2 Å². The molecule has 1 aliphatic rings. The third-order valence-electron chi connectivity index (χ3n) is 4.00. The lowest BCUT2D eigenvalue weighted by Crippen LogP contribution is -2.57. The molecule has 1 amide bonds. The van der Waals surface area contributed by atoms with Crippen LogP contribution < -0.4 is 11.1 Å². The van der Waals surface area contributed by atoms with Crippen LogP contribution in [-0.2, 0) is 9.53 Å². The molecule has 6 heteroatoms. The summed E-state index contributed by atoms with van der Waals surface area (Å²) in [6, 6.07) is 7.57. The smallest absolute Gasteiger partial charge is 0.240 e. The van der Waals surface area contributed by atoms with Crippen molar-refractivity contribution in [3.63, 3.8) is 0 Å². The van der Waals surface area contributed by atoms with Crippen molar-refractivity contribution in [1.82, 2.24) is 15.3 Å². The molecule has 1 aromatic heterocycles. The van der Waals surface area contributed by atoms with Gasteiger partial charge in [-0.1, -0.05) is 12.1 Å². The monoisotopic (exact) mass is 288 g/mol. The maximum absolute atomic E-state index is 12.4. The molecule has 2 heterocycles. The summed E-state index contributed by atoms with van der Waals surface area (Å²) in [7, 11) is 0. The summed E-state index contributed by atoms with van der Waals surface area (Å²) >= 11 is 0. The lowest BCUT2D eigenvalue weighted by atomic mass is 9.90. The van der Waals surface area contributed by atoms with Gasteiger partial charge in [0.2, 0.25) is 5.91 Å². The number of ether oxygens (including phenoxy) is 1. The number of rotatable bonds is 3. The maximum atomic E-state index is 12.4. The quantitative estimate of drug-likeness (QED) is 0.792. The first-order chi connectivity index (χ1) is 10.1. The van der Waals surface area contributed by atoms with Gasteiger partial charge in [-0.05, 0) is 31.9 Å². The van der Waals surface area contributed by atoms with E-state index in [9.17, 15) is 4.79 Å². The molecule has 0 spiro atoms. The van der Waals surface area contributed by atoms with E-state index < -0.39 is 5.54 Å². The number of carbonyl (C=O) groups excluding carboxylic acids is 1. The number of aromatic amines is 1. The predicted octanol–water partition coefficient (Wildman–Crippen LogP) is 1.25. The number of hydrogen-bond donors (Lipinski definition) is 3. The number of hydrogen-bond acceptors (Lipinski definition) is 4. The lowest BCUT2D eigenvalue weighted by Gasteiger charge is -2.32. The second kappa shape index (κ2) is 5.46. The highest BCUT2D eigenvalue weighted by atomic mass is 16.5. The van der Waals surface area contributed by atoms with E-state index in [1.807, 2.05) is 31.2 Å². The highest BCUT2D eigenvalue weighted by Crippen LogP contribution is 2.20. The summed E-state index contributed by atoms with van der Waals surface area (Å²) in [5.74, 6) is 0.596. The fraction of sp³-hybridized carbons (Fsp3) is 0.467. The zero-order valence-electron chi connectivity index (χ0n) is 12.1. The Hall–Kier alpha value is -1.92. The molecule has 1 unspecified atom stereocenters. The van der Waals surface area contributed by atoms with Gasteiger partial charge in [0.05, 0.1) is 22.6 Å². The van der Waals surface area contributed by atoms with E-state index in [-0.39, 0.29) is 11.9 Å². The van der Waals surface area contributed by atoms with Crippen LogP contribution >= 0.6 is 0 Å². The molecule has 6 nitrogen and oxygen atoms in total. The first-order valence-corrected chi connectivity index (χ1v) is 7.21. The molecule has 1 saturated heterocycles. The number of carbonyl (C=O) groups is 1. The number of H-pyrrole nitrogens is 1. The van der Waals surface area contributed by atoms with Crippen LogP contribution in [0.4, 0.5) is 0 Å². The van der Waals surface area contributed by atoms with Crippen molar-refractivity contribution >= 4 is 16.9 Å². The van der Waals surface area contributed by atoms with Gasteiger partial charge in [-0.15, -0.1) is 0 Å². The summed E-state index contributed by atoms with van der Waals surface area (Å²) in [6.07, 6.45) is 1.09. The lowest BCUT2D eigenvalue weighted by molar-refractivity contribution is -0.130. The van der Waals surface area contributed by atoms with Crippen LogP contribution in [0.5, 0.6) is 0 Å². The van der Waals surface area contributed by atoms with E-state index in [0.29, 0.717) is 26.1 Å². The van der Waals surface area contributed by atoms with E-state index in [2.05, 4.69) is 15.3 Å². The molecule has 112 valence electrons. The molecule has 0 bridgehead atoms. The summed E-state index contributed by atoms with van der Waals surface area (Å²) < 4.78 is 5.27. The number of nitrogens with two attached hydrogens (primary N) is 1. The van der Waals surface area contributed by atoms with Gasteiger partial charge in [-0.2, -0.15) is 0 Å². The van der Waals surface area contributed by atoms with Crippen molar-refractivity contribution in [2.45, 2.75) is 31.3 Å². The number of imidazole rings is 1. The fourth-order valence-electron chi connectivity index (χ4n) is 2.55. The van der Waals surface area contributed by atoms with Crippen LogP contribution in [0.2, 0.25) is 0 Å². The average molecular weight is 288 g/mol. The second-order valence-electron chi connectivity index (χ2n) is 5.60. The largest absolute Gasteiger partial charge is 0.381 e. The Morgan fingerprint density at radius 2 is 2.14 bits per heavy atom. The topological polar surface area (TPSA) is 93.0 Å². The molecular formula is C15H20N4O2. The Labute approximate surface area is 123 Å². The normalized spacial score (nSPS) is 19.3. The molecular weight excluding hydrogens is 268 g/mol. The summed E-state index contributed by atoms with van der Waals surface area (Å²) in [5.41, 5.74) is 7.20. The third-order valence-corrected chi connectivity index (χ3v) is 4.00. The van der Waals surface area contributed by atoms with Gasteiger partial charge in [-0.25, -0.2) is 4.98 Å². The Morgan fingerprint density at radius 1 is 1.43 bits per heavy atom. The van der Waals surface area contributed by atoms with Crippen molar-refractivity contribution in [3.8, 4) is 0 Å². The van der Waals surface area contributed by atoms with Crippen LogP contribution in [0, 0.1) is 0 Å². The predicted molar refractivity (Wildman–Crippen MR) is 79.6 cm³/mol. The van der Waals surface area contributed by atoms with E-state index >= 15 is 0 Å². The Kier molecular flexibility index (Phi) is 3.65. The zero-order chi connectivity index (χ0) is 14.9. The molecule has 21 heavy (non-hydrogen) atoms. The van der Waals surface area contributed by atoms with Gasteiger partial charge in [-0.3, -0.25) is 4.79 Å². The van der Waals surface area contributed by atoms with Crippen molar-refractivity contribution in [2.24, 2.45) is 5.73 Å². The zero-order valence-corrected chi connectivity index (χ0v) is 12.1. The molecule has 1 fully saturated rings. The second-order valence-corrected chi connectivity index (χ2v) is 5.60. The van der Waals surface area contributed by atoms with Crippen molar-refractivity contribution < 1.29 is 9.53 Å². The van der Waals surface area contributed by atoms with E-state index in [1.54, 1.807) is 0 Å². The van der Waals surface area contributed by atoms with Gasteiger partial charge in [0.15, 0.2) is 0 Å². The van der Waals surface area contributed by atoms with Crippen LogP contribution in [0.1, 0.15) is 31.6 Å². The number of amides is 1. The number of benzene rings is 1. The summed E-state index contributed by atoms with van der Waals surface area (Å²) in [4.78, 5) is 20.1. The molecule has 1 aromatic carbocycles. The molecule has 3 rings (SSSR count). The number of aromatic nitrogens is 2. The van der Waals surface area contributed by atoms with Gasteiger partial charge in [0.1, 0.15) is 5.82 Å². The number of nitrogens with one attached hydrogen (secondary N) is 2. The SMILES string of the molecule is CC(NC(=O)C1(N)CCOCC1)c1nc2ccccc2[nH]1. The number of fused-ring (bicyclic) bond motifs is 1. The van der Waals surface area contributed by atoms with Gasteiger partial charge < -0.3 is 20.8 Å². The van der Waals surface area contributed by atoms with Crippen LogP contribution in [0.15, 0.2) is 24.3 Å². The standard InChI is InChI=1S/C15H20N4O2/c1-10(13-18-11-4-2-3-5-12(11)19-13)17-14(20)15(16)6-8-21-9-7-15/h2-5,10H,6-9,16H2,1H3,(H,17,20)(H,18,19). The van der Waals surface area contributed by atoms with Crippen LogP contribution in [0.3, 0.4) is 0 Å². The van der Waals surface area contributed by atoms with Crippen LogP contribution in [-0.4, -0.2) is 34.6 Å². The minimum absolute atomic E-state index is 0.140. The van der Waals surface area contributed by atoms with Gasteiger partial charge in [0.25, 0.3) is 0 Å². The Bertz CT molecular complexity index is 613. The summed E-state index contributed by atoms with van der Waals surface area (Å²) in [6.45, 7) is 2.96.